The van der Waals surface area contributed by atoms with Gasteiger partial charge in [-0.2, -0.15) is 0 Å². The molecule has 2 atom stereocenters. The molecule has 1 aromatic carbocycles. The van der Waals surface area contributed by atoms with Gasteiger partial charge in [-0.25, -0.2) is 9.37 Å². The third kappa shape index (κ3) is 2.76. The second-order valence-electron chi connectivity index (χ2n) is 6.63. The van der Waals surface area contributed by atoms with Crippen molar-refractivity contribution in [1.82, 2.24) is 14.0 Å². The maximum atomic E-state index is 13.4. The van der Waals surface area contributed by atoms with Crippen LogP contribution in [-0.2, 0) is 11.3 Å². The van der Waals surface area contributed by atoms with Gasteiger partial charge in [0.05, 0.1) is 18.8 Å². The summed E-state index contributed by atoms with van der Waals surface area (Å²) < 4.78 is 22.6. The monoisotopic (exact) mass is 341 g/mol. The number of hydrogen-bond donors (Lipinski definition) is 0. The number of imidazole rings is 1. The van der Waals surface area contributed by atoms with E-state index in [2.05, 4.69) is 4.98 Å². The Balaban J connectivity index is 1.79. The molecule has 0 spiro atoms. The van der Waals surface area contributed by atoms with E-state index in [9.17, 15) is 9.18 Å². The predicted octanol–water partition coefficient (Wildman–Crippen LogP) is 2.88. The number of aromatic nitrogens is 3. The van der Waals surface area contributed by atoms with Crippen LogP contribution in [0.5, 0.6) is 0 Å². The summed E-state index contributed by atoms with van der Waals surface area (Å²) in [5, 5.41) is 0. The van der Waals surface area contributed by atoms with Crippen LogP contribution in [0, 0.1) is 12.7 Å². The second-order valence-corrected chi connectivity index (χ2v) is 6.63. The highest BCUT2D eigenvalue weighted by molar-refractivity contribution is 5.45. The number of fused-ring (bicyclic) bond motifs is 1. The second kappa shape index (κ2) is 6.11. The Morgan fingerprint density at radius 3 is 2.96 bits per heavy atom. The Hall–Kier alpha value is -2.47. The zero-order valence-corrected chi connectivity index (χ0v) is 14.3. The third-order valence-electron chi connectivity index (χ3n) is 4.97. The number of aryl methyl sites for hydroxylation is 1. The molecule has 130 valence electrons. The zero-order valence-electron chi connectivity index (χ0n) is 14.3. The summed E-state index contributed by atoms with van der Waals surface area (Å²) in [5.74, 6) is 0.768. The maximum Gasteiger partial charge on any atom is 0.276 e. The van der Waals surface area contributed by atoms with E-state index in [-0.39, 0.29) is 23.4 Å². The molecule has 3 heterocycles. The van der Waals surface area contributed by atoms with Crippen molar-refractivity contribution in [2.75, 3.05) is 6.61 Å². The number of nitrogens with zero attached hydrogens (tertiary/aromatic N) is 3. The normalized spacial score (nSPS) is 20.4. The van der Waals surface area contributed by atoms with Gasteiger partial charge < -0.3 is 9.30 Å². The average Bonchev–Trinajstić information content (AvgIpc) is 3.17. The summed E-state index contributed by atoms with van der Waals surface area (Å²) in [5.41, 5.74) is 1.99. The lowest BCUT2D eigenvalue weighted by Gasteiger charge is -2.15. The van der Waals surface area contributed by atoms with Crippen LogP contribution >= 0.6 is 0 Å². The largest absolute Gasteiger partial charge is 0.378 e. The van der Waals surface area contributed by atoms with Gasteiger partial charge in [-0.05, 0) is 38.0 Å². The van der Waals surface area contributed by atoms with E-state index in [1.165, 1.54) is 12.1 Å². The summed E-state index contributed by atoms with van der Waals surface area (Å²) in [6.45, 7) is 4.98. The lowest BCUT2D eigenvalue weighted by atomic mass is 10.0. The van der Waals surface area contributed by atoms with Crippen LogP contribution in [0.4, 0.5) is 4.39 Å². The highest BCUT2D eigenvalue weighted by Crippen LogP contribution is 2.30. The van der Waals surface area contributed by atoms with Crippen LogP contribution in [0.3, 0.4) is 0 Å². The van der Waals surface area contributed by atoms with E-state index < -0.39 is 0 Å². The molecule has 0 N–H and O–H groups in total. The number of halogens is 1. The molecule has 0 aliphatic carbocycles. The van der Waals surface area contributed by atoms with E-state index >= 15 is 0 Å². The molecule has 0 unspecified atom stereocenters. The minimum atomic E-state index is -0.300. The molecule has 0 bridgehead atoms. The topological polar surface area (TPSA) is 48.5 Å². The highest BCUT2D eigenvalue weighted by Gasteiger charge is 2.29. The smallest absolute Gasteiger partial charge is 0.276 e. The summed E-state index contributed by atoms with van der Waals surface area (Å²) in [6, 6.07) is 6.33. The Labute approximate surface area is 144 Å². The van der Waals surface area contributed by atoms with E-state index in [1.807, 2.05) is 30.5 Å². The summed E-state index contributed by atoms with van der Waals surface area (Å²) >= 11 is 0. The number of benzene rings is 1. The van der Waals surface area contributed by atoms with Gasteiger partial charge in [0.25, 0.3) is 5.56 Å². The van der Waals surface area contributed by atoms with Crippen molar-refractivity contribution < 1.29 is 9.13 Å². The molecule has 4 rings (SSSR count). The highest BCUT2D eigenvalue weighted by atomic mass is 19.1. The summed E-state index contributed by atoms with van der Waals surface area (Å²) in [7, 11) is 0. The van der Waals surface area contributed by atoms with Gasteiger partial charge in [0.1, 0.15) is 17.2 Å². The minimum absolute atomic E-state index is 0.0978. The first-order valence-corrected chi connectivity index (χ1v) is 8.48. The van der Waals surface area contributed by atoms with Crippen LogP contribution in [0.25, 0.3) is 5.52 Å². The van der Waals surface area contributed by atoms with Crippen LogP contribution in [0.2, 0.25) is 0 Å². The Morgan fingerprint density at radius 1 is 1.40 bits per heavy atom. The number of rotatable bonds is 3. The van der Waals surface area contributed by atoms with E-state index in [1.54, 1.807) is 16.8 Å². The number of ether oxygens (including phenoxy) is 1. The molecule has 1 aliphatic rings. The first-order valence-electron chi connectivity index (χ1n) is 8.48. The van der Waals surface area contributed by atoms with Crippen molar-refractivity contribution in [2.24, 2.45) is 0 Å². The molecular formula is C19H20FN3O2. The minimum Gasteiger partial charge on any atom is -0.378 e. The maximum absolute atomic E-state index is 13.4. The fraction of sp³-hybridized carbons (Fsp3) is 0.368. The Kier molecular flexibility index (Phi) is 3.92. The van der Waals surface area contributed by atoms with Crippen molar-refractivity contribution in [3.63, 3.8) is 0 Å². The SMILES string of the molecule is Cc1cn2c([C@H]3CCO[C@H]3C)ncc2c(=O)n1Cc1cccc(F)c1. The molecule has 0 saturated carbocycles. The van der Waals surface area contributed by atoms with Gasteiger partial charge in [0.2, 0.25) is 0 Å². The van der Waals surface area contributed by atoms with Crippen LogP contribution < -0.4 is 5.56 Å². The van der Waals surface area contributed by atoms with Crippen molar-refractivity contribution in [3.05, 3.63) is 69.9 Å². The average molecular weight is 341 g/mol. The summed E-state index contributed by atoms with van der Waals surface area (Å²) in [6.07, 6.45) is 4.57. The van der Waals surface area contributed by atoms with Crippen LogP contribution in [-0.4, -0.2) is 26.7 Å². The molecule has 6 heteroatoms. The molecule has 1 aliphatic heterocycles. The zero-order chi connectivity index (χ0) is 17.6. The molecule has 1 fully saturated rings. The van der Waals surface area contributed by atoms with Crippen molar-refractivity contribution in [1.29, 1.82) is 0 Å². The van der Waals surface area contributed by atoms with Gasteiger partial charge in [-0.1, -0.05) is 12.1 Å². The first-order chi connectivity index (χ1) is 12.0. The molecule has 0 radical (unpaired) electrons. The standard InChI is InChI=1S/C19H20FN3O2/c1-12-10-23-17(9-21-18(23)16-6-7-25-13(16)2)19(24)22(12)11-14-4-3-5-15(20)8-14/h3-5,8-10,13,16H,6-7,11H2,1-2H3/t13-,16-/m0/s1. The molecule has 3 aromatic rings. The van der Waals surface area contributed by atoms with Gasteiger partial charge in [0.15, 0.2) is 0 Å². The molecular weight excluding hydrogens is 321 g/mol. The van der Waals surface area contributed by atoms with Gasteiger partial charge >= 0.3 is 0 Å². The van der Waals surface area contributed by atoms with Gasteiger partial charge in [-0.15, -0.1) is 0 Å². The van der Waals surface area contributed by atoms with E-state index in [4.69, 9.17) is 4.74 Å². The van der Waals surface area contributed by atoms with Crippen molar-refractivity contribution in [3.8, 4) is 0 Å². The van der Waals surface area contributed by atoms with Gasteiger partial charge in [0, 0.05) is 24.4 Å². The van der Waals surface area contributed by atoms with Crippen LogP contribution in [0.15, 0.2) is 41.5 Å². The number of hydrogen-bond acceptors (Lipinski definition) is 3. The molecule has 2 aromatic heterocycles. The van der Waals surface area contributed by atoms with Crippen molar-refractivity contribution >= 4 is 5.52 Å². The molecule has 25 heavy (non-hydrogen) atoms. The first kappa shape index (κ1) is 16.0. The Bertz CT molecular complexity index is 992. The van der Waals surface area contributed by atoms with E-state index in [0.717, 1.165) is 30.1 Å². The summed E-state index contributed by atoms with van der Waals surface area (Å²) in [4.78, 5) is 17.4. The molecule has 0 amide bonds. The molecule has 5 nitrogen and oxygen atoms in total. The van der Waals surface area contributed by atoms with Crippen molar-refractivity contribution in [2.45, 2.75) is 38.8 Å². The van der Waals surface area contributed by atoms with Crippen LogP contribution in [0.1, 0.15) is 36.3 Å². The predicted molar refractivity (Wildman–Crippen MR) is 92.5 cm³/mol. The lowest BCUT2D eigenvalue weighted by molar-refractivity contribution is 0.117. The fourth-order valence-corrected chi connectivity index (χ4v) is 3.58. The third-order valence-corrected chi connectivity index (χ3v) is 4.97. The Morgan fingerprint density at radius 2 is 2.24 bits per heavy atom. The fourth-order valence-electron chi connectivity index (χ4n) is 3.58. The quantitative estimate of drug-likeness (QED) is 0.736. The van der Waals surface area contributed by atoms with Gasteiger partial charge in [-0.3, -0.25) is 9.20 Å². The lowest BCUT2D eigenvalue weighted by Crippen LogP contribution is -2.25. The van der Waals surface area contributed by atoms with E-state index in [0.29, 0.717) is 12.1 Å². The molecule has 1 saturated heterocycles.